The van der Waals surface area contributed by atoms with Crippen molar-refractivity contribution in [2.75, 3.05) is 18.1 Å². The van der Waals surface area contributed by atoms with Crippen LogP contribution in [0.3, 0.4) is 0 Å². The highest BCUT2D eigenvalue weighted by molar-refractivity contribution is 7.92. The molecule has 0 radical (unpaired) electrons. The van der Waals surface area contributed by atoms with Crippen molar-refractivity contribution < 1.29 is 22.7 Å². The van der Waals surface area contributed by atoms with Gasteiger partial charge in [0.1, 0.15) is 11.5 Å². The molecule has 1 rings (SSSR count). The van der Waals surface area contributed by atoms with Crippen LogP contribution in [0.25, 0.3) is 0 Å². The summed E-state index contributed by atoms with van der Waals surface area (Å²) in [7, 11) is -3.51. The first-order valence-corrected chi connectivity index (χ1v) is 6.46. The standard InChI is InChI=1S/C9H13NO5S/c11-3-5-16(13,14)7-9(12)10-6-8-2-1-4-15-8/h1-2,4,11H,3,5-7H2,(H,10,12). The van der Waals surface area contributed by atoms with E-state index in [1.54, 1.807) is 12.1 Å². The maximum absolute atomic E-state index is 11.2. The molecule has 6 nitrogen and oxygen atoms in total. The summed E-state index contributed by atoms with van der Waals surface area (Å²) >= 11 is 0. The Hall–Kier alpha value is -1.34. The normalized spacial score (nSPS) is 11.3. The summed E-state index contributed by atoms with van der Waals surface area (Å²) in [6, 6.07) is 3.34. The molecule has 0 saturated carbocycles. The minimum atomic E-state index is -3.51. The average molecular weight is 247 g/mol. The lowest BCUT2D eigenvalue weighted by atomic mass is 10.4. The van der Waals surface area contributed by atoms with E-state index in [9.17, 15) is 13.2 Å². The third kappa shape index (κ3) is 4.45. The van der Waals surface area contributed by atoms with E-state index in [0.29, 0.717) is 5.76 Å². The van der Waals surface area contributed by atoms with Gasteiger partial charge in [0.15, 0.2) is 9.84 Å². The van der Waals surface area contributed by atoms with Crippen molar-refractivity contribution in [2.24, 2.45) is 0 Å². The van der Waals surface area contributed by atoms with Gasteiger partial charge in [-0.1, -0.05) is 0 Å². The summed E-state index contributed by atoms with van der Waals surface area (Å²) < 4.78 is 27.3. The lowest BCUT2D eigenvalue weighted by molar-refractivity contribution is -0.118. The molecule has 1 heterocycles. The molecule has 1 aromatic heterocycles. The van der Waals surface area contributed by atoms with Crippen LogP contribution < -0.4 is 5.32 Å². The monoisotopic (exact) mass is 247 g/mol. The minimum Gasteiger partial charge on any atom is -0.467 e. The topological polar surface area (TPSA) is 96.6 Å². The van der Waals surface area contributed by atoms with Gasteiger partial charge in [-0.3, -0.25) is 4.79 Å². The van der Waals surface area contributed by atoms with E-state index >= 15 is 0 Å². The van der Waals surface area contributed by atoms with Crippen molar-refractivity contribution in [3.8, 4) is 0 Å². The second-order valence-corrected chi connectivity index (χ2v) is 5.36. The number of aliphatic hydroxyl groups is 1. The molecule has 0 fully saturated rings. The Labute approximate surface area is 93.2 Å². The maximum Gasteiger partial charge on any atom is 0.235 e. The second kappa shape index (κ2) is 5.66. The van der Waals surface area contributed by atoms with Crippen LogP contribution in [-0.2, 0) is 21.2 Å². The highest BCUT2D eigenvalue weighted by Crippen LogP contribution is 1.98. The Morgan fingerprint density at radius 3 is 2.81 bits per heavy atom. The highest BCUT2D eigenvalue weighted by atomic mass is 32.2. The van der Waals surface area contributed by atoms with Gasteiger partial charge < -0.3 is 14.8 Å². The van der Waals surface area contributed by atoms with Crippen molar-refractivity contribution in [2.45, 2.75) is 6.54 Å². The molecule has 7 heteroatoms. The molecule has 90 valence electrons. The van der Waals surface area contributed by atoms with Crippen molar-refractivity contribution >= 4 is 15.7 Å². The summed E-state index contributed by atoms with van der Waals surface area (Å²) in [5.41, 5.74) is 0. The van der Waals surface area contributed by atoms with E-state index in [1.807, 2.05) is 0 Å². The predicted molar refractivity (Wildman–Crippen MR) is 56.3 cm³/mol. The van der Waals surface area contributed by atoms with Crippen molar-refractivity contribution in [1.82, 2.24) is 5.32 Å². The van der Waals surface area contributed by atoms with Crippen LogP contribution in [0.2, 0.25) is 0 Å². The third-order valence-corrected chi connectivity index (χ3v) is 3.30. The zero-order valence-electron chi connectivity index (χ0n) is 8.55. The van der Waals surface area contributed by atoms with Gasteiger partial charge in [-0.2, -0.15) is 0 Å². The number of amides is 1. The van der Waals surface area contributed by atoms with Gasteiger partial charge in [0, 0.05) is 0 Å². The Morgan fingerprint density at radius 1 is 1.50 bits per heavy atom. The van der Waals surface area contributed by atoms with Crippen LogP contribution in [0.4, 0.5) is 0 Å². The third-order valence-electron chi connectivity index (χ3n) is 1.79. The van der Waals surface area contributed by atoms with Gasteiger partial charge >= 0.3 is 0 Å². The number of carbonyl (C=O) groups is 1. The van der Waals surface area contributed by atoms with E-state index in [-0.39, 0.29) is 6.54 Å². The van der Waals surface area contributed by atoms with Gasteiger partial charge in [0.05, 0.1) is 25.2 Å². The van der Waals surface area contributed by atoms with Crippen molar-refractivity contribution in [3.05, 3.63) is 24.2 Å². The molecule has 0 saturated heterocycles. The second-order valence-electron chi connectivity index (χ2n) is 3.17. The number of sulfone groups is 1. The molecule has 0 aliphatic rings. The van der Waals surface area contributed by atoms with Crippen LogP contribution in [0.15, 0.2) is 22.8 Å². The molecule has 0 spiro atoms. The summed E-state index contributed by atoms with van der Waals surface area (Å²) in [5, 5.41) is 10.9. The van der Waals surface area contributed by atoms with E-state index in [0.717, 1.165) is 0 Å². The molecule has 0 bridgehead atoms. The molecule has 0 unspecified atom stereocenters. The van der Waals surface area contributed by atoms with Crippen molar-refractivity contribution in [1.29, 1.82) is 0 Å². The fourth-order valence-electron chi connectivity index (χ4n) is 1.06. The zero-order valence-corrected chi connectivity index (χ0v) is 9.37. The number of aliphatic hydroxyl groups excluding tert-OH is 1. The molecule has 1 amide bonds. The van der Waals surface area contributed by atoms with E-state index < -0.39 is 33.9 Å². The Balaban J connectivity index is 2.37. The van der Waals surface area contributed by atoms with Crippen molar-refractivity contribution in [3.63, 3.8) is 0 Å². The fourth-order valence-corrected chi connectivity index (χ4v) is 1.98. The smallest absolute Gasteiger partial charge is 0.235 e. The number of hydrogen-bond donors (Lipinski definition) is 2. The zero-order chi connectivity index (χ0) is 12.0. The van der Waals surface area contributed by atoms with E-state index in [2.05, 4.69) is 5.32 Å². The Bertz CT molecular complexity index is 423. The first-order chi connectivity index (χ1) is 7.53. The Morgan fingerprint density at radius 2 is 2.25 bits per heavy atom. The maximum atomic E-state index is 11.2. The minimum absolute atomic E-state index is 0.153. The van der Waals surface area contributed by atoms with Gasteiger partial charge in [-0.15, -0.1) is 0 Å². The van der Waals surface area contributed by atoms with Crippen LogP contribution in [0.1, 0.15) is 5.76 Å². The molecule has 0 atom stereocenters. The first-order valence-electron chi connectivity index (χ1n) is 4.64. The molecular formula is C9H13NO5S. The fraction of sp³-hybridized carbons (Fsp3) is 0.444. The quantitative estimate of drug-likeness (QED) is 0.693. The lowest BCUT2D eigenvalue weighted by Gasteiger charge is -2.03. The van der Waals surface area contributed by atoms with Crippen LogP contribution in [0.5, 0.6) is 0 Å². The summed E-state index contributed by atoms with van der Waals surface area (Å²) in [6.07, 6.45) is 1.46. The average Bonchev–Trinajstić information content (AvgIpc) is 2.66. The van der Waals surface area contributed by atoms with Gasteiger partial charge in [0.25, 0.3) is 0 Å². The highest BCUT2D eigenvalue weighted by Gasteiger charge is 2.15. The summed E-state index contributed by atoms with van der Waals surface area (Å²) in [4.78, 5) is 11.2. The summed E-state index contributed by atoms with van der Waals surface area (Å²) in [6.45, 7) is -0.325. The molecule has 0 aromatic carbocycles. The van der Waals surface area contributed by atoms with Crippen LogP contribution in [-0.4, -0.2) is 37.5 Å². The van der Waals surface area contributed by atoms with Gasteiger partial charge in [0.2, 0.25) is 5.91 Å². The van der Waals surface area contributed by atoms with Crippen LogP contribution >= 0.6 is 0 Å². The largest absolute Gasteiger partial charge is 0.467 e. The van der Waals surface area contributed by atoms with Gasteiger partial charge in [-0.05, 0) is 12.1 Å². The lowest BCUT2D eigenvalue weighted by Crippen LogP contribution is -2.31. The first kappa shape index (κ1) is 12.7. The SMILES string of the molecule is O=C(CS(=O)(=O)CCO)NCc1ccco1. The van der Waals surface area contributed by atoms with E-state index in [1.165, 1.54) is 6.26 Å². The number of rotatable bonds is 6. The van der Waals surface area contributed by atoms with Crippen LogP contribution in [0, 0.1) is 0 Å². The number of furan rings is 1. The molecular weight excluding hydrogens is 234 g/mol. The number of nitrogens with one attached hydrogen (secondary N) is 1. The number of hydrogen-bond acceptors (Lipinski definition) is 5. The Kier molecular flexibility index (Phi) is 4.51. The molecule has 0 aliphatic heterocycles. The van der Waals surface area contributed by atoms with Gasteiger partial charge in [-0.25, -0.2) is 8.42 Å². The van der Waals surface area contributed by atoms with E-state index in [4.69, 9.17) is 9.52 Å². The molecule has 0 aliphatic carbocycles. The molecule has 16 heavy (non-hydrogen) atoms. The number of carbonyl (C=O) groups excluding carboxylic acids is 1. The summed E-state index contributed by atoms with van der Waals surface area (Å²) in [5.74, 6) is -1.08. The predicted octanol–water partition coefficient (Wildman–Crippen LogP) is -0.697. The molecule has 2 N–H and O–H groups in total. The molecule has 1 aromatic rings.